The molecule has 0 N–H and O–H groups in total. The largest absolute Gasteiger partial charge is 0.303 e. The van der Waals surface area contributed by atoms with Crippen molar-refractivity contribution in [1.29, 1.82) is 0 Å². The van der Waals surface area contributed by atoms with Gasteiger partial charge in [0, 0.05) is 22.7 Å². The van der Waals surface area contributed by atoms with Crippen molar-refractivity contribution in [3.63, 3.8) is 0 Å². The molecule has 0 spiro atoms. The lowest BCUT2D eigenvalue weighted by atomic mass is 10.4. The molecule has 0 unspecified atom stereocenters. The predicted molar refractivity (Wildman–Crippen MR) is 50.9 cm³/mol. The average Bonchev–Trinajstić information content (AvgIpc) is 2.58. The van der Waals surface area contributed by atoms with Crippen LogP contribution in [0.2, 0.25) is 0 Å². The Morgan fingerprint density at radius 3 is 2.75 bits per heavy atom. The highest BCUT2D eigenvalue weighted by Crippen LogP contribution is 2.18. The number of hydrogen-bond donors (Lipinski definition) is 0. The number of aromatic nitrogens is 2. The number of thiophene rings is 1. The molecule has 0 aliphatic carbocycles. The molecule has 2 rings (SSSR count). The van der Waals surface area contributed by atoms with Crippen LogP contribution >= 0.6 is 11.3 Å². The highest BCUT2D eigenvalue weighted by atomic mass is 32.1. The molecule has 2 heterocycles. The van der Waals surface area contributed by atoms with E-state index in [1.807, 2.05) is 19.3 Å². The van der Waals surface area contributed by atoms with Crippen molar-refractivity contribution < 1.29 is 0 Å². The van der Waals surface area contributed by atoms with E-state index in [1.165, 1.54) is 10.6 Å². The van der Waals surface area contributed by atoms with Crippen LogP contribution in [-0.2, 0) is 0 Å². The first-order valence-electron chi connectivity index (χ1n) is 3.83. The molecule has 0 aliphatic heterocycles. The Morgan fingerprint density at radius 1 is 1.42 bits per heavy atom. The van der Waals surface area contributed by atoms with Crippen molar-refractivity contribution in [3.05, 3.63) is 34.5 Å². The SMILES string of the molecule is Cc1cc(-n2ccnc2C)cs1. The minimum absolute atomic E-state index is 1.04. The van der Waals surface area contributed by atoms with Gasteiger partial charge in [-0.25, -0.2) is 4.98 Å². The molecule has 2 aromatic rings. The molecule has 0 bridgehead atoms. The Hall–Kier alpha value is -1.09. The zero-order chi connectivity index (χ0) is 8.55. The lowest BCUT2D eigenvalue weighted by molar-refractivity contribution is 0.979. The summed E-state index contributed by atoms with van der Waals surface area (Å²) in [6.07, 6.45) is 3.80. The quantitative estimate of drug-likeness (QED) is 0.656. The van der Waals surface area contributed by atoms with Gasteiger partial charge in [0.05, 0.1) is 5.69 Å². The van der Waals surface area contributed by atoms with E-state index in [2.05, 4.69) is 27.9 Å². The lowest BCUT2D eigenvalue weighted by Gasteiger charge is -1.98. The maximum atomic E-state index is 4.17. The molecule has 0 saturated carbocycles. The molecule has 3 heteroatoms. The fraction of sp³-hybridized carbons (Fsp3) is 0.222. The summed E-state index contributed by atoms with van der Waals surface area (Å²) in [5.74, 6) is 1.04. The van der Waals surface area contributed by atoms with E-state index in [-0.39, 0.29) is 0 Å². The third-order valence-electron chi connectivity index (χ3n) is 1.82. The van der Waals surface area contributed by atoms with Gasteiger partial charge in [-0.05, 0) is 19.9 Å². The highest BCUT2D eigenvalue weighted by molar-refractivity contribution is 7.10. The molecule has 0 aliphatic rings. The van der Waals surface area contributed by atoms with Gasteiger partial charge in [0.15, 0.2) is 0 Å². The summed E-state index contributed by atoms with van der Waals surface area (Å²) in [5, 5.41) is 2.14. The van der Waals surface area contributed by atoms with E-state index in [4.69, 9.17) is 0 Å². The minimum Gasteiger partial charge on any atom is -0.303 e. The molecule has 0 amide bonds. The molecular weight excluding hydrogens is 168 g/mol. The summed E-state index contributed by atoms with van der Waals surface area (Å²) in [6, 6.07) is 2.17. The molecule has 12 heavy (non-hydrogen) atoms. The second kappa shape index (κ2) is 2.75. The lowest BCUT2D eigenvalue weighted by Crippen LogP contribution is -1.92. The molecule has 0 atom stereocenters. The van der Waals surface area contributed by atoms with E-state index in [0.29, 0.717) is 0 Å². The van der Waals surface area contributed by atoms with E-state index in [1.54, 1.807) is 11.3 Å². The van der Waals surface area contributed by atoms with Gasteiger partial charge in [0.25, 0.3) is 0 Å². The fourth-order valence-electron chi connectivity index (χ4n) is 1.21. The number of imidazole rings is 1. The third-order valence-corrected chi connectivity index (χ3v) is 2.67. The van der Waals surface area contributed by atoms with Gasteiger partial charge in [0.1, 0.15) is 5.82 Å². The van der Waals surface area contributed by atoms with Gasteiger partial charge in [-0.15, -0.1) is 11.3 Å². The number of aryl methyl sites for hydroxylation is 2. The summed E-state index contributed by atoms with van der Waals surface area (Å²) in [7, 11) is 0. The standard InChI is InChI=1S/C9H10N2S/c1-7-5-9(6-12-7)11-4-3-10-8(11)2/h3-6H,1-2H3. The van der Waals surface area contributed by atoms with Crippen LogP contribution in [0.3, 0.4) is 0 Å². The first kappa shape index (κ1) is 7.55. The van der Waals surface area contributed by atoms with Crippen molar-refractivity contribution in [2.75, 3.05) is 0 Å². The first-order chi connectivity index (χ1) is 5.77. The highest BCUT2D eigenvalue weighted by Gasteiger charge is 2.00. The number of nitrogens with zero attached hydrogens (tertiary/aromatic N) is 2. The Bertz CT molecular complexity index is 387. The van der Waals surface area contributed by atoms with E-state index >= 15 is 0 Å². The molecule has 2 aromatic heterocycles. The number of rotatable bonds is 1. The van der Waals surface area contributed by atoms with Crippen LogP contribution in [0.15, 0.2) is 23.8 Å². The second-order valence-corrected chi connectivity index (χ2v) is 3.88. The van der Waals surface area contributed by atoms with Gasteiger partial charge < -0.3 is 4.57 Å². The van der Waals surface area contributed by atoms with Crippen LogP contribution in [0.5, 0.6) is 0 Å². The minimum atomic E-state index is 1.04. The smallest absolute Gasteiger partial charge is 0.110 e. The molecular formula is C9H10N2S. The summed E-state index contributed by atoms with van der Waals surface area (Å²) < 4.78 is 2.09. The van der Waals surface area contributed by atoms with Crippen molar-refractivity contribution in [1.82, 2.24) is 9.55 Å². The second-order valence-electron chi connectivity index (χ2n) is 2.76. The average molecular weight is 178 g/mol. The molecule has 0 fully saturated rings. The van der Waals surface area contributed by atoms with Gasteiger partial charge in [-0.1, -0.05) is 0 Å². The van der Waals surface area contributed by atoms with Crippen LogP contribution in [0.1, 0.15) is 10.7 Å². The Kier molecular flexibility index (Phi) is 1.73. The fourth-order valence-corrected chi connectivity index (χ4v) is 1.88. The third kappa shape index (κ3) is 1.16. The van der Waals surface area contributed by atoms with Gasteiger partial charge in [-0.2, -0.15) is 0 Å². The first-order valence-corrected chi connectivity index (χ1v) is 4.71. The molecule has 0 saturated heterocycles. The van der Waals surface area contributed by atoms with Crippen LogP contribution in [0.25, 0.3) is 5.69 Å². The maximum Gasteiger partial charge on any atom is 0.110 e. The van der Waals surface area contributed by atoms with Gasteiger partial charge >= 0.3 is 0 Å². The summed E-state index contributed by atoms with van der Waals surface area (Å²) >= 11 is 1.76. The van der Waals surface area contributed by atoms with Gasteiger partial charge in [-0.3, -0.25) is 0 Å². The molecule has 62 valence electrons. The molecule has 0 aromatic carbocycles. The predicted octanol–water partition coefficient (Wildman–Crippen LogP) is 2.55. The summed E-state index contributed by atoms with van der Waals surface area (Å²) in [4.78, 5) is 5.50. The maximum absolute atomic E-state index is 4.17. The Morgan fingerprint density at radius 2 is 2.25 bits per heavy atom. The molecule has 0 radical (unpaired) electrons. The number of hydrogen-bond acceptors (Lipinski definition) is 2. The van der Waals surface area contributed by atoms with Crippen molar-refractivity contribution in [2.24, 2.45) is 0 Å². The van der Waals surface area contributed by atoms with Crippen molar-refractivity contribution in [3.8, 4) is 5.69 Å². The van der Waals surface area contributed by atoms with E-state index in [0.717, 1.165) is 5.82 Å². The zero-order valence-electron chi connectivity index (χ0n) is 7.11. The van der Waals surface area contributed by atoms with Crippen molar-refractivity contribution >= 4 is 11.3 Å². The molecule has 2 nitrogen and oxygen atoms in total. The summed E-state index contributed by atoms with van der Waals surface area (Å²) in [6.45, 7) is 4.12. The van der Waals surface area contributed by atoms with Crippen LogP contribution in [0.4, 0.5) is 0 Å². The Labute approximate surface area is 75.5 Å². The topological polar surface area (TPSA) is 17.8 Å². The Balaban J connectivity index is 2.50. The van der Waals surface area contributed by atoms with Gasteiger partial charge in [0.2, 0.25) is 0 Å². The van der Waals surface area contributed by atoms with Crippen LogP contribution < -0.4 is 0 Å². The van der Waals surface area contributed by atoms with Crippen LogP contribution in [-0.4, -0.2) is 9.55 Å². The zero-order valence-corrected chi connectivity index (χ0v) is 7.93. The van der Waals surface area contributed by atoms with E-state index < -0.39 is 0 Å². The monoisotopic (exact) mass is 178 g/mol. The van der Waals surface area contributed by atoms with Crippen LogP contribution in [0, 0.1) is 13.8 Å². The summed E-state index contributed by atoms with van der Waals surface area (Å²) in [5.41, 5.74) is 1.22. The van der Waals surface area contributed by atoms with E-state index in [9.17, 15) is 0 Å². The van der Waals surface area contributed by atoms with Crippen molar-refractivity contribution in [2.45, 2.75) is 13.8 Å². The normalized spacial score (nSPS) is 10.5.